The third kappa shape index (κ3) is 3.90. The summed E-state index contributed by atoms with van der Waals surface area (Å²) in [6.45, 7) is 2.22. The fourth-order valence-electron chi connectivity index (χ4n) is 3.69. The molecule has 0 saturated heterocycles. The minimum Gasteiger partial charge on any atom is -0.303 e. The summed E-state index contributed by atoms with van der Waals surface area (Å²) in [4.78, 5) is 10.9. The third-order valence-corrected chi connectivity index (χ3v) is 5.17. The quantitative estimate of drug-likeness (QED) is 0.640. The van der Waals surface area contributed by atoms with E-state index in [9.17, 15) is 4.79 Å². The summed E-state index contributed by atoms with van der Waals surface area (Å²) in [6, 6.07) is 18.0. The lowest BCUT2D eigenvalue weighted by Gasteiger charge is -2.25. The average molecular weight is 306 g/mol. The molecule has 2 aromatic carbocycles. The number of carbonyl (C=O) groups is 1. The van der Waals surface area contributed by atoms with Gasteiger partial charge in [0.05, 0.1) is 0 Å². The first-order valence-corrected chi connectivity index (χ1v) is 8.94. The maximum absolute atomic E-state index is 10.9. The average Bonchev–Trinajstić information content (AvgIpc) is 2.63. The molecule has 0 aromatic heterocycles. The van der Waals surface area contributed by atoms with Crippen LogP contribution >= 0.6 is 0 Å². The van der Waals surface area contributed by atoms with Gasteiger partial charge < -0.3 is 4.79 Å². The van der Waals surface area contributed by atoms with Crippen molar-refractivity contribution >= 4 is 6.29 Å². The Hall–Kier alpha value is -1.89. The van der Waals surface area contributed by atoms with Crippen molar-refractivity contribution in [3.05, 3.63) is 59.7 Å². The molecule has 0 N–H and O–H groups in total. The number of benzene rings is 2. The minimum atomic E-state index is 0.298. The summed E-state index contributed by atoms with van der Waals surface area (Å²) in [5.74, 6) is 0.930. The zero-order chi connectivity index (χ0) is 16.1. The highest BCUT2D eigenvalue weighted by Gasteiger charge is 2.21. The largest absolute Gasteiger partial charge is 0.303 e. The first-order valence-electron chi connectivity index (χ1n) is 8.94. The molecule has 1 saturated carbocycles. The fraction of sp³-hybridized carbons (Fsp3) is 0.409. The summed E-state index contributed by atoms with van der Waals surface area (Å²) in [5, 5.41) is 0. The molecule has 120 valence electrons. The molecule has 0 bridgehead atoms. The van der Waals surface area contributed by atoms with Gasteiger partial charge in [-0.3, -0.25) is 0 Å². The topological polar surface area (TPSA) is 17.1 Å². The van der Waals surface area contributed by atoms with Crippen LogP contribution in [-0.4, -0.2) is 6.29 Å². The maximum atomic E-state index is 10.9. The number of rotatable bonds is 5. The molecular weight excluding hydrogens is 280 g/mol. The smallest absolute Gasteiger partial charge is 0.123 e. The van der Waals surface area contributed by atoms with E-state index in [4.69, 9.17) is 0 Å². The molecule has 0 atom stereocenters. The number of carbonyl (C=O) groups excluding carboxylic acids is 1. The van der Waals surface area contributed by atoms with E-state index >= 15 is 0 Å². The summed E-state index contributed by atoms with van der Waals surface area (Å²) >= 11 is 0. The van der Waals surface area contributed by atoms with E-state index < -0.39 is 0 Å². The van der Waals surface area contributed by atoms with Gasteiger partial charge in [-0.25, -0.2) is 0 Å². The maximum Gasteiger partial charge on any atom is 0.123 e. The Kier molecular flexibility index (Phi) is 5.27. The van der Waals surface area contributed by atoms with Gasteiger partial charge in [0.25, 0.3) is 0 Å². The molecule has 2 aromatic rings. The summed E-state index contributed by atoms with van der Waals surface area (Å²) in [7, 11) is 0. The van der Waals surface area contributed by atoms with Gasteiger partial charge >= 0.3 is 0 Å². The van der Waals surface area contributed by atoms with E-state index in [0.717, 1.165) is 38.4 Å². The first kappa shape index (κ1) is 16.0. The van der Waals surface area contributed by atoms with Crippen LogP contribution in [-0.2, 0) is 11.2 Å². The van der Waals surface area contributed by atoms with Crippen molar-refractivity contribution in [1.82, 2.24) is 0 Å². The van der Waals surface area contributed by atoms with E-state index in [-0.39, 0.29) is 0 Å². The Balaban J connectivity index is 1.68. The first-order chi connectivity index (χ1) is 11.3. The van der Waals surface area contributed by atoms with Crippen LogP contribution in [0.4, 0.5) is 0 Å². The van der Waals surface area contributed by atoms with Gasteiger partial charge in [-0.05, 0) is 60.3 Å². The molecule has 3 rings (SSSR count). The molecule has 0 radical (unpaired) electrons. The monoisotopic (exact) mass is 306 g/mol. The van der Waals surface area contributed by atoms with Crippen molar-refractivity contribution in [2.24, 2.45) is 5.92 Å². The summed E-state index contributed by atoms with van der Waals surface area (Å²) < 4.78 is 0. The van der Waals surface area contributed by atoms with Gasteiger partial charge in [0.2, 0.25) is 0 Å². The normalized spacial score (nSPS) is 21.1. The Labute approximate surface area is 139 Å². The lowest BCUT2D eigenvalue weighted by atomic mass is 9.79. The Morgan fingerprint density at radius 2 is 1.43 bits per heavy atom. The van der Waals surface area contributed by atoms with Crippen LogP contribution in [0.1, 0.15) is 56.1 Å². The van der Waals surface area contributed by atoms with Crippen molar-refractivity contribution < 1.29 is 4.79 Å². The second-order valence-electron chi connectivity index (χ2n) is 6.82. The van der Waals surface area contributed by atoms with E-state index in [1.54, 1.807) is 0 Å². The highest BCUT2D eigenvalue weighted by atomic mass is 16.1. The van der Waals surface area contributed by atoms with Crippen LogP contribution in [0.5, 0.6) is 0 Å². The van der Waals surface area contributed by atoms with Gasteiger partial charge in [0, 0.05) is 5.92 Å². The molecule has 1 heteroatoms. The Morgan fingerprint density at radius 3 is 1.96 bits per heavy atom. The van der Waals surface area contributed by atoms with E-state index in [2.05, 4.69) is 55.5 Å². The zero-order valence-electron chi connectivity index (χ0n) is 14.0. The van der Waals surface area contributed by atoms with Crippen LogP contribution in [0.25, 0.3) is 11.1 Å². The van der Waals surface area contributed by atoms with Crippen LogP contribution in [0, 0.1) is 5.92 Å². The molecule has 0 unspecified atom stereocenters. The predicted molar refractivity (Wildman–Crippen MR) is 96.6 cm³/mol. The molecule has 1 fully saturated rings. The summed E-state index contributed by atoms with van der Waals surface area (Å²) in [6.07, 6.45) is 7.89. The molecule has 0 spiro atoms. The van der Waals surface area contributed by atoms with Crippen molar-refractivity contribution in [3.8, 4) is 11.1 Å². The lowest BCUT2D eigenvalue weighted by Crippen LogP contribution is -2.14. The van der Waals surface area contributed by atoms with E-state index in [0.29, 0.717) is 11.8 Å². The Bertz CT molecular complexity index is 616. The van der Waals surface area contributed by atoms with E-state index in [1.165, 1.54) is 28.7 Å². The SMILES string of the molecule is CCCc1ccc(-c2ccc(C3CCC(C=O)CC3)cc2)cc1. The highest BCUT2D eigenvalue weighted by Crippen LogP contribution is 2.35. The van der Waals surface area contributed by atoms with Gasteiger partial charge in [-0.2, -0.15) is 0 Å². The van der Waals surface area contributed by atoms with E-state index in [1.807, 2.05) is 0 Å². The van der Waals surface area contributed by atoms with Crippen LogP contribution in [0.2, 0.25) is 0 Å². The van der Waals surface area contributed by atoms with Gasteiger partial charge in [-0.1, -0.05) is 61.9 Å². The third-order valence-electron chi connectivity index (χ3n) is 5.17. The molecule has 0 amide bonds. The van der Waals surface area contributed by atoms with Crippen LogP contribution < -0.4 is 0 Å². The lowest BCUT2D eigenvalue weighted by molar-refractivity contribution is -0.111. The van der Waals surface area contributed by atoms with Crippen molar-refractivity contribution in [2.45, 2.75) is 51.4 Å². The molecule has 23 heavy (non-hydrogen) atoms. The second-order valence-corrected chi connectivity index (χ2v) is 6.82. The van der Waals surface area contributed by atoms with Crippen LogP contribution in [0.15, 0.2) is 48.5 Å². The predicted octanol–water partition coefficient (Wildman–Crippen LogP) is 5.78. The van der Waals surface area contributed by atoms with Crippen molar-refractivity contribution in [3.63, 3.8) is 0 Å². The molecule has 0 heterocycles. The highest BCUT2D eigenvalue weighted by molar-refractivity contribution is 5.64. The molecular formula is C22H26O. The Morgan fingerprint density at radius 1 is 0.870 bits per heavy atom. The standard InChI is InChI=1S/C22H26O/c1-2-3-17-4-8-19(9-5-17)21-12-14-22(15-13-21)20-10-6-18(16-23)7-11-20/h4-5,8-9,12-16,18,20H,2-3,6-7,10-11H2,1H3. The van der Waals surface area contributed by atoms with Gasteiger partial charge in [-0.15, -0.1) is 0 Å². The molecule has 1 nitrogen and oxygen atoms in total. The fourth-order valence-corrected chi connectivity index (χ4v) is 3.69. The minimum absolute atomic E-state index is 0.298. The second kappa shape index (κ2) is 7.59. The summed E-state index contributed by atoms with van der Waals surface area (Å²) in [5.41, 5.74) is 5.43. The van der Waals surface area contributed by atoms with Crippen molar-refractivity contribution in [1.29, 1.82) is 0 Å². The van der Waals surface area contributed by atoms with Gasteiger partial charge in [0.15, 0.2) is 0 Å². The number of aldehydes is 1. The number of hydrogen-bond acceptors (Lipinski definition) is 1. The number of hydrogen-bond donors (Lipinski definition) is 0. The number of aryl methyl sites for hydroxylation is 1. The zero-order valence-corrected chi connectivity index (χ0v) is 14.0. The van der Waals surface area contributed by atoms with Gasteiger partial charge in [0.1, 0.15) is 6.29 Å². The molecule has 1 aliphatic carbocycles. The van der Waals surface area contributed by atoms with Crippen molar-refractivity contribution in [2.75, 3.05) is 0 Å². The molecule has 0 aliphatic heterocycles. The van der Waals surface area contributed by atoms with Crippen LogP contribution in [0.3, 0.4) is 0 Å². The molecule has 1 aliphatic rings.